The summed E-state index contributed by atoms with van der Waals surface area (Å²) in [6, 6.07) is 0.646. The molecule has 1 aliphatic rings. The normalized spacial score (nSPS) is 17.9. The average molecular weight is 169 g/mol. The molecule has 1 aliphatic carbocycles. The van der Waals surface area contributed by atoms with Crippen LogP contribution in [0.25, 0.3) is 0 Å². The highest BCUT2D eigenvalue weighted by atomic mass is 16.4. The molecular formula is C9H15NO2. The zero-order chi connectivity index (χ0) is 8.97. The number of carboxylic acids is 1. The van der Waals surface area contributed by atoms with E-state index >= 15 is 0 Å². The summed E-state index contributed by atoms with van der Waals surface area (Å²) in [5.74, 6) is -0.796. The third-order valence-electron chi connectivity index (χ3n) is 1.99. The van der Waals surface area contributed by atoms with Gasteiger partial charge in [0.25, 0.3) is 0 Å². The maximum absolute atomic E-state index is 10.5. The Morgan fingerprint density at radius 3 is 2.75 bits per heavy atom. The van der Waals surface area contributed by atoms with E-state index in [4.69, 9.17) is 5.11 Å². The van der Waals surface area contributed by atoms with E-state index in [-0.39, 0.29) is 0 Å². The van der Waals surface area contributed by atoms with E-state index < -0.39 is 5.97 Å². The van der Waals surface area contributed by atoms with Gasteiger partial charge in [-0.2, -0.15) is 0 Å². The van der Waals surface area contributed by atoms with Crippen molar-refractivity contribution in [2.24, 2.45) is 0 Å². The van der Waals surface area contributed by atoms with E-state index in [0.717, 1.165) is 0 Å². The molecule has 0 unspecified atom stereocenters. The molecule has 1 rings (SSSR count). The van der Waals surface area contributed by atoms with Crippen molar-refractivity contribution in [3.63, 3.8) is 0 Å². The first kappa shape index (κ1) is 9.26. The molecule has 3 nitrogen and oxygen atoms in total. The quantitative estimate of drug-likeness (QED) is 0.607. The Morgan fingerprint density at radius 1 is 1.67 bits per heavy atom. The van der Waals surface area contributed by atoms with Gasteiger partial charge in [-0.3, -0.25) is 0 Å². The van der Waals surface area contributed by atoms with E-state index in [2.05, 4.69) is 5.32 Å². The Kier molecular flexibility index (Phi) is 3.29. The van der Waals surface area contributed by atoms with Crippen LogP contribution in [0.2, 0.25) is 0 Å². The lowest BCUT2D eigenvalue weighted by Crippen LogP contribution is -2.16. The molecule has 12 heavy (non-hydrogen) atoms. The van der Waals surface area contributed by atoms with Gasteiger partial charge in [0.15, 0.2) is 0 Å². The van der Waals surface area contributed by atoms with Crippen LogP contribution >= 0.6 is 0 Å². The molecule has 0 aromatic carbocycles. The minimum absolute atomic E-state index is 0.503. The molecule has 0 bridgehead atoms. The van der Waals surface area contributed by atoms with Gasteiger partial charge in [-0.15, -0.1) is 0 Å². The van der Waals surface area contributed by atoms with Gasteiger partial charge in [0, 0.05) is 18.2 Å². The summed E-state index contributed by atoms with van der Waals surface area (Å²) in [5.41, 5.74) is 0.503. The largest absolute Gasteiger partial charge is 0.478 e. The maximum Gasteiger partial charge on any atom is 0.331 e. The third kappa shape index (κ3) is 3.05. The molecule has 0 saturated heterocycles. The Labute approximate surface area is 72.5 Å². The summed E-state index contributed by atoms with van der Waals surface area (Å²) >= 11 is 0. The first-order chi connectivity index (χ1) is 5.74. The van der Waals surface area contributed by atoms with Crippen molar-refractivity contribution >= 4 is 5.97 Å². The van der Waals surface area contributed by atoms with Gasteiger partial charge in [-0.1, -0.05) is 13.0 Å². The van der Waals surface area contributed by atoms with Crippen molar-refractivity contribution in [3.05, 3.63) is 11.6 Å². The highest BCUT2D eigenvalue weighted by Gasteiger charge is 2.19. The van der Waals surface area contributed by atoms with Crippen molar-refractivity contribution in [2.45, 2.75) is 32.2 Å². The van der Waals surface area contributed by atoms with Crippen LogP contribution in [0.15, 0.2) is 11.6 Å². The molecule has 0 aliphatic heterocycles. The van der Waals surface area contributed by atoms with Crippen LogP contribution in [-0.2, 0) is 4.79 Å². The molecule has 0 radical (unpaired) electrons. The second-order valence-corrected chi connectivity index (χ2v) is 3.07. The first-order valence-electron chi connectivity index (χ1n) is 4.39. The van der Waals surface area contributed by atoms with Crippen LogP contribution in [0, 0.1) is 0 Å². The average Bonchev–Trinajstić information content (AvgIpc) is 2.80. The van der Waals surface area contributed by atoms with E-state index in [1.165, 1.54) is 12.8 Å². The van der Waals surface area contributed by atoms with Gasteiger partial charge < -0.3 is 10.4 Å². The minimum atomic E-state index is -0.796. The summed E-state index contributed by atoms with van der Waals surface area (Å²) in [6.45, 7) is 2.55. The molecule has 1 fully saturated rings. The molecule has 0 spiro atoms. The summed E-state index contributed by atoms with van der Waals surface area (Å²) in [5, 5.41) is 11.9. The SMILES string of the molecule is CC/C(=C\CNC1CC1)C(=O)O. The Bertz CT molecular complexity index is 195. The highest BCUT2D eigenvalue weighted by Crippen LogP contribution is 2.18. The Balaban J connectivity index is 2.24. The fourth-order valence-electron chi connectivity index (χ4n) is 1.02. The standard InChI is InChI=1S/C9H15NO2/c1-2-7(9(11)12)5-6-10-8-3-4-8/h5,8,10H,2-4,6H2,1H3,(H,11,12)/b7-5+. The lowest BCUT2D eigenvalue weighted by Gasteiger charge is -1.99. The maximum atomic E-state index is 10.5. The summed E-state index contributed by atoms with van der Waals surface area (Å²) in [7, 11) is 0. The Morgan fingerprint density at radius 2 is 2.33 bits per heavy atom. The fourth-order valence-corrected chi connectivity index (χ4v) is 1.02. The minimum Gasteiger partial charge on any atom is -0.478 e. The molecule has 0 amide bonds. The molecule has 0 aromatic rings. The number of hydrogen-bond donors (Lipinski definition) is 2. The summed E-state index contributed by atoms with van der Waals surface area (Å²) < 4.78 is 0. The van der Waals surface area contributed by atoms with Gasteiger partial charge in [-0.05, 0) is 19.3 Å². The fraction of sp³-hybridized carbons (Fsp3) is 0.667. The number of carbonyl (C=O) groups is 1. The van der Waals surface area contributed by atoms with Crippen LogP contribution in [0.4, 0.5) is 0 Å². The number of aliphatic carboxylic acids is 1. The lowest BCUT2D eigenvalue weighted by molar-refractivity contribution is -0.132. The van der Waals surface area contributed by atoms with Crippen LogP contribution < -0.4 is 5.32 Å². The topological polar surface area (TPSA) is 49.3 Å². The van der Waals surface area contributed by atoms with Crippen LogP contribution in [0.5, 0.6) is 0 Å². The van der Waals surface area contributed by atoms with Crippen LogP contribution in [-0.4, -0.2) is 23.7 Å². The molecule has 3 heteroatoms. The summed E-state index contributed by atoms with van der Waals surface area (Å²) in [4.78, 5) is 10.5. The monoisotopic (exact) mass is 169 g/mol. The predicted molar refractivity (Wildman–Crippen MR) is 47.0 cm³/mol. The smallest absolute Gasteiger partial charge is 0.331 e. The van der Waals surface area contributed by atoms with Gasteiger partial charge >= 0.3 is 5.97 Å². The van der Waals surface area contributed by atoms with Gasteiger partial charge in [0.1, 0.15) is 0 Å². The van der Waals surface area contributed by atoms with E-state index in [1.54, 1.807) is 6.08 Å². The Hall–Kier alpha value is -0.830. The molecular weight excluding hydrogens is 154 g/mol. The number of nitrogens with one attached hydrogen (secondary N) is 1. The van der Waals surface area contributed by atoms with Crippen molar-refractivity contribution in [2.75, 3.05) is 6.54 Å². The molecule has 0 atom stereocenters. The number of carboxylic acid groups (broad SMARTS) is 1. The van der Waals surface area contributed by atoms with Crippen molar-refractivity contribution < 1.29 is 9.90 Å². The van der Waals surface area contributed by atoms with Gasteiger partial charge in [0.2, 0.25) is 0 Å². The van der Waals surface area contributed by atoms with Crippen LogP contribution in [0.1, 0.15) is 26.2 Å². The molecule has 68 valence electrons. The first-order valence-corrected chi connectivity index (χ1v) is 4.39. The second-order valence-electron chi connectivity index (χ2n) is 3.07. The van der Waals surface area contributed by atoms with E-state index in [1.807, 2.05) is 6.92 Å². The molecule has 2 N–H and O–H groups in total. The van der Waals surface area contributed by atoms with Crippen molar-refractivity contribution in [3.8, 4) is 0 Å². The molecule has 1 saturated carbocycles. The van der Waals surface area contributed by atoms with Crippen molar-refractivity contribution in [1.29, 1.82) is 0 Å². The predicted octanol–water partition coefficient (Wildman–Crippen LogP) is 1.16. The summed E-state index contributed by atoms with van der Waals surface area (Å²) in [6.07, 6.45) is 4.84. The molecule has 0 aromatic heterocycles. The van der Waals surface area contributed by atoms with Gasteiger partial charge in [-0.25, -0.2) is 4.79 Å². The lowest BCUT2D eigenvalue weighted by atomic mass is 10.2. The second kappa shape index (κ2) is 4.26. The molecule has 0 heterocycles. The highest BCUT2D eigenvalue weighted by molar-refractivity contribution is 5.86. The third-order valence-corrected chi connectivity index (χ3v) is 1.99. The number of rotatable bonds is 5. The van der Waals surface area contributed by atoms with Gasteiger partial charge in [0.05, 0.1) is 0 Å². The zero-order valence-electron chi connectivity index (χ0n) is 7.34. The van der Waals surface area contributed by atoms with Crippen molar-refractivity contribution in [1.82, 2.24) is 5.32 Å². The van der Waals surface area contributed by atoms with E-state index in [9.17, 15) is 4.79 Å². The van der Waals surface area contributed by atoms with E-state index in [0.29, 0.717) is 24.6 Å². The number of hydrogen-bond acceptors (Lipinski definition) is 2. The van der Waals surface area contributed by atoms with Crippen LogP contribution in [0.3, 0.4) is 0 Å². The zero-order valence-corrected chi connectivity index (χ0v) is 7.34.